The molecule has 0 bridgehead atoms. The number of benzene rings is 1. The summed E-state index contributed by atoms with van der Waals surface area (Å²) < 4.78 is 2.14. The van der Waals surface area contributed by atoms with E-state index in [1.807, 2.05) is 32.0 Å². The molecule has 2 rings (SSSR count). The van der Waals surface area contributed by atoms with Crippen LogP contribution in [0.15, 0.2) is 36.4 Å². The number of imidazole rings is 1. The molecule has 1 heterocycles. The van der Waals surface area contributed by atoms with Gasteiger partial charge in [-0.25, -0.2) is 4.98 Å². The summed E-state index contributed by atoms with van der Waals surface area (Å²) in [5, 5.41) is 0. The highest BCUT2D eigenvalue weighted by Gasteiger charge is 2.12. The lowest BCUT2D eigenvalue weighted by molar-refractivity contribution is 0.660. The molecule has 0 fully saturated rings. The Labute approximate surface area is 95.6 Å². The number of nitrogens with two attached hydrogens (primary N) is 1. The van der Waals surface area contributed by atoms with Crippen molar-refractivity contribution in [2.75, 3.05) is 0 Å². The van der Waals surface area contributed by atoms with Gasteiger partial charge in [-0.2, -0.15) is 0 Å². The van der Waals surface area contributed by atoms with Crippen molar-refractivity contribution >= 4 is 11.0 Å². The van der Waals surface area contributed by atoms with Crippen LogP contribution in [-0.4, -0.2) is 9.55 Å². The molecule has 1 unspecified atom stereocenters. The lowest BCUT2D eigenvalue weighted by Crippen LogP contribution is -2.14. The molecule has 0 radical (unpaired) electrons. The minimum absolute atomic E-state index is 0.0632. The van der Waals surface area contributed by atoms with Gasteiger partial charge in [-0.05, 0) is 26.0 Å². The maximum atomic E-state index is 5.94. The van der Waals surface area contributed by atoms with E-state index in [-0.39, 0.29) is 6.04 Å². The lowest BCUT2D eigenvalue weighted by atomic mass is 10.3. The molecule has 0 aliphatic rings. The Kier molecular flexibility index (Phi) is 2.79. The smallest absolute Gasteiger partial charge is 0.126 e. The summed E-state index contributed by atoms with van der Waals surface area (Å²) in [5.41, 5.74) is 9.16. The first kappa shape index (κ1) is 10.9. The van der Waals surface area contributed by atoms with Crippen LogP contribution in [0.25, 0.3) is 11.0 Å². The number of rotatable bonds is 3. The van der Waals surface area contributed by atoms with Gasteiger partial charge in [0, 0.05) is 6.54 Å². The zero-order chi connectivity index (χ0) is 11.7. The molecule has 84 valence electrons. The molecule has 1 atom stereocenters. The van der Waals surface area contributed by atoms with Crippen molar-refractivity contribution < 1.29 is 0 Å². The summed E-state index contributed by atoms with van der Waals surface area (Å²) in [4.78, 5) is 4.56. The maximum Gasteiger partial charge on any atom is 0.126 e. The van der Waals surface area contributed by atoms with Crippen molar-refractivity contribution in [3.8, 4) is 0 Å². The van der Waals surface area contributed by atoms with E-state index in [2.05, 4.69) is 22.2 Å². The largest absolute Gasteiger partial charge is 0.323 e. The van der Waals surface area contributed by atoms with Crippen LogP contribution in [0.2, 0.25) is 0 Å². The number of para-hydroxylation sites is 2. The van der Waals surface area contributed by atoms with Gasteiger partial charge in [0.25, 0.3) is 0 Å². The summed E-state index contributed by atoms with van der Waals surface area (Å²) in [7, 11) is 0. The van der Waals surface area contributed by atoms with E-state index in [4.69, 9.17) is 5.73 Å². The standard InChI is InChI=1S/C13H17N3/c1-9(2)8-16-12-7-5-4-6-11(12)15-13(16)10(3)14/h4-7,10H,1,8,14H2,2-3H3. The summed E-state index contributed by atoms with van der Waals surface area (Å²) in [6.07, 6.45) is 0. The molecule has 16 heavy (non-hydrogen) atoms. The second-order valence-corrected chi connectivity index (χ2v) is 4.29. The van der Waals surface area contributed by atoms with Gasteiger partial charge in [0.05, 0.1) is 17.1 Å². The fraction of sp³-hybridized carbons (Fsp3) is 0.308. The zero-order valence-electron chi connectivity index (χ0n) is 9.77. The highest BCUT2D eigenvalue weighted by Crippen LogP contribution is 2.20. The average molecular weight is 215 g/mol. The van der Waals surface area contributed by atoms with Crippen LogP contribution >= 0.6 is 0 Å². The molecular formula is C13H17N3. The minimum Gasteiger partial charge on any atom is -0.323 e. The van der Waals surface area contributed by atoms with Gasteiger partial charge in [0.15, 0.2) is 0 Å². The van der Waals surface area contributed by atoms with E-state index in [0.29, 0.717) is 0 Å². The maximum absolute atomic E-state index is 5.94. The monoisotopic (exact) mass is 215 g/mol. The first-order chi connectivity index (χ1) is 7.59. The van der Waals surface area contributed by atoms with Crippen molar-refractivity contribution in [1.82, 2.24) is 9.55 Å². The Morgan fingerprint density at radius 3 is 2.81 bits per heavy atom. The molecule has 3 heteroatoms. The number of hydrogen-bond donors (Lipinski definition) is 1. The number of aromatic nitrogens is 2. The molecular weight excluding hydrogens is 198 g/mol. The quantitative estimate of drug-likeness (QED) is 0.800. The highest BCUT2D eigenvalue weighted by molar-refractivity contribution is 5.76. The van der Waals surface area contributed by atoms with Crippen LogP contribution in [0.3, 0.4) is 0 Å². The predicted octanol–water partition coefficient (Wildman–Crippen LogP) is 2.63. The van der Waals surface area contributed by atoms with Crippen LogP contribution in [0.4, 0.5) is 0 Å². The average Bonchev–Trinajstić information content (AvgIpc) is 2.57. The molecule has 1 aromatic heterocycles. The van der Waals surface area contributed by atoms with Gasteiger partial charge in [0.1, 0.15) is 5.82 Å². The van der Waals surface area contributed by atoms with Crippen LogP contribution < -0.4 is 5.73 Å². The van der Waals surface area contributed by atoms with E-state index in [0.717, 1.165) is 29.0 Å². The lowest BCUT2D eigenvalue weighted by Gasteiger charge is -2.10. The van der Waals surface area contributed by atoms with Crippen molar-refractivity contribution in [1.29, 1.82) is 0 Å². The van der Waals surface area contributed by atoms with Crippen LogP contribution in [0.5, 0.6) is 0 Å². The van der Waals surface area contributed by atoms with Crippen LogP contribution in [0.1, 0.15) is 25.7 Å². The van der Waals surface area contributed by atoms with Crippen molar-refractivity contribution in [3.63, 3.8) is 0 Å². The Hall–Kier alpha value is -1.61. The number of allylic oxidation sites excluding steroid dienone is 1. The van der Waals surface area contributed by atoms with E-state index < -0.39 is 0 Å². The normalized spacial score (nSPS) is 12.9. The summed E-state index contributed by atoms with van der Waals surface area (Å²) in [5.74, 6) is 0.921. The molecule has 3 nitrogen and oxygen atoms in total. The first-order valence-corrected chi connectivity index (χ1v) is 5.44. The molecule has 0 amide bonds. The fourth-order valence-electron chi connectivity index (χ4n) is 1.88. The summed E-state index contributed by atoms with van der Waals surface area (Å²) >= 11 is 0. The van der Waals surface area contributed by atoms with Crippen molar-refractivity contribution in [3.05, 3.63) is 42.2 Å². The third-order valence-corrected chi connectivity index (χ3v) is 2.52. The van der Waals surface area contributed by atoms with Gasteiger partial charge in [-0.3, -0.25) is 0 Å². The van der Waals surface area contributed by atoms with Crippen LogP contribution in [0, 0.1) is 0 Å². The van der Waals surface area contributed by atoms with Gasteiger partial charge < -0.3 is 10.3 Å². The Balaban J connectivity index is 2.64. The molecule has 0 saturated heterocycles. The molecule has 1 aromatic carbocycles. The van der Waals surface area contributed by atoms with E-state index in [1.165, 1.54) is 0 Å². The third kappa shape index (κ3) is 1.86. The zero-order valence-corrected chi connectivity index (χ0v) is 9.77. The Bertz CT molecular complexity index is 523. The molecule has 0 aliphatic carbocycles. The first-order valence-electron chi connectivity index (χ1n) is 5.44. The second kappa shape index (κ2) is 4.10. The third-order valence-electron chi connectivity index (χ3n) is 2.52. The topological polar surface area (TPSA) is 43.8 Å². The van der Waals surface area contributed by atoms with Gasteiger partial charge in [0.2, 0.25) is 0 Å². The molecule has 2 N–H and O–H groups in total. The predicted molar refractivity (Wildman–Crippen MR) is 67.1 cm³/mol. The number of fused-ring (bicyclic) bond motifs is 1. The summed E-state index contributed by atoms with van der Waals surface area (Å²) in [6, 6.07) is 8.02. The number of hydrogen-bond acceptors (Lipinski definition) is 2. The molecule has 0 aliphatic heterocycles. The van der Waals surface area contributed by atoms with E-state index in [9.17, 15) is 0 Å². The van der Waals surface area contributed by atoms with Crippen molar-refractivity contribution in [2.24, 2.45) is 5.73 Å². The fourth-order valence-corrected chi connectivity index (χ4v) is 1.88. The van der Waals surface area contributed by atoms with E-state index >= 15 is 0 Å². The second-order valence-electron chi connectivity index (χ2n) is 4.29. The van der Waals surface area contributed by atoms with Crippen LogP contribution in [-0.2, 0) is 6.54 Å². The molecule has 2 aromatic rings. The number of nitrogens with zero attached hydrogens (tertiary/aromatic N) is 2. The van der Waals surface area contributed by atoms with Crippen molar-refractivity contribution in [2.45, 2.75) is 26.4 Å². The Morgan fingerprint density at radius 1 is 1.50 bits per heavy atom. The Morgan fingerprint density at radius 2 is 2.19 bits per heavy atom. The summed E-state index contributed by atoms with van der Waals surface area (Å²) in [6.45, 7) is 8.69. The van der Waals surface area contributed by atoms with Gasteiger partial charge >= 0.3 is 0 Å². The van der Waals surface area contributed by atoms with Gasteiger partial charge in [-0.1, -0.05) is 24.3 Å². The van der Waals surface area contributed by atoms with E-state index in [1.54, 1.807) is 0 Å². The molecule has 0 spiro atoms. The molecule has 0 saturated carbocycles. The highest BCUT2D eigenvalue weighted by atomic mass is 15.1. The van der Waals surface area contributed by atoms with Gasteiger partial charge in [-0.15, -0.1) is 0 Å². The SMILES string of the molecule is C=C(C)Cn1c(C(C)N)nc2ccccc21. The minimum atomic E-state index is -0.0632.